The second-order valence-corrected chi connectivity index (χ2v) is 9.30. The van der Waals surface area contributed by atoms with Gasteiger partial charge in [0.25, 0.3) is 0 Å². The van der Waals surface area contributed by atoms with E-state index < -0.39 is 11.9 Å². The predicted molar refractivity (Wildman–Crippen MR) is 123 cm³/mol. The minimum absolute atomic E-state index is 0.0865. The molecule has 1 unspecified atom stereocenters. The summed E-state index contributed by atoms with van der Waals surface area (Å²) in [4.78, 5) is 37.1. The standard InChI is InChI=1S/C23H24BrN3O4/c1-13(2)9-14-3-6-19-20(10-14)26(8-7-21(28)29)23(31)27(19)12-17-16-5-4-15(24)11-18(16)25-22(17)30/h3-6,10-11,13,17H,7-9,12H2,1-2H3,(H,25,30)(H,28,29). The molecule has 1 aliphatic heterocycles. The van der Waals surface area contributed by atoms with Crippen molar-refractivity contribution < 1.29 is 14.7 Å². The van der Waals surface area contributed by atoms with Crippen molar-refractivity contribution in [3.05, 3.63) is 62.5 Å². The first-order valence-electron chi connectivity index (χ1n) is 10.3. The number of hydrogen-bond acceptors (Lipinski definition) is 3. The number of anilines is 1. The number of carbonyl (C=O) groups excluding carboxylic acids is 1. The molecule has 4 rings (SSSR count). The van der Waals surface area contributed by atoms with Gasteiger partial charge in [0.1, 0.15) is 0 Å². The molecule has 2 heterocycles. The Bertz CT molecular complexity index is 1240. The molecule has 31 heavy (non-hydrogen) atoms. The molecule has 7 nitrogen and oxygen atoms in total. The molecule has 162 valence electrons. The molecule has 1 atom stereocenters. The largest absolute Gasteiger partial charge is 0.481 e. The lowest BCUT2D eigenvalue weighted by Gasteiger charge is -2.11. The number of aryl methyl sites for hydroxylation is 1. The monoisotopic (exact) mass is 485 g/mol. The van der Waals surface area contributed by atoms with E-state index in [2.05, 4.69) is 35.1 Å². The van der Waals surface area contributed by atoms with Crippen molar-refractivity contribution in [3.63, 3.8) is 0 Å². The summed E-state index contributed by atoms with van der Waals surface area (Å²) >= 11 is 3.41. The van der Waals surface area contributed by atoms with Crippen LogP contribution in [0, 0.1) is 5.92 Å². The summed E-state index contributed by atoms with van der Waals surface area (Å²) in [6.07, 6.45) is 0.718. The maximum absolute atomic E-state index is 13.3. The van der Waals surface area contributed by atoms with Crippen LogP contribution in [0.1, 0.15) is 37.3 Å². The molecule has 1 aromatic heterocycles. The van der Waals surface area contributed by atoms with Crippen LogP contribution in [-0.2, 0) is 29.1 Å². The van der Waals surface area contributed by atoms with E-state index in [9.17, 15) is 14.4 Å². The van der Waals surface area contributed by atoms with Crippen LogP contribution in [0.2, 0.25) is 0 Å². The van der Waals surface area contributed by atoms with Crippen LogP contribution < -0.4 is 11.0 Å². The van der Waals surface area contributed by atoms with Crippen molar-refractivity contribution in [3.8, 4) is 0 Å². The maximum Gasteiger partial charge on any atom is 0.329 e. The first kappa shape index (κ1) is 21.4. The summed E-state index contributed by atoms with van der Waals surface area (Å²) in [5, 5.41) is 12.0. The lowest BCUT2D eigenvalue weighted by molar-refractivity contribution is -0.137. The van der Waals surface area contributed by atoms with Gasteiger partial charge in [-0.25, -0.2) is 4.79 Å². The van der Waals surface area contributed by atoms with Crippen molar-refractivity contribution in [2.24, 2.45) is 5.92 Å². The van der Waals surface area contributed by atoms with E-state index in [1.807, 2.05) is 36.4 Å². The summed E-state index contributed by atoms with van der Waals surface area (Å²) in [6.45, 7) is 4.53. The molecule has 3 aromatic rings. The Balaban J connectivity index is 1.79. The first-order chi connectivity index (χ1) is 14.7. The number of aromatic nitrogens is 2. The van der Waals surface area contributed by atoms with Gasteiger partial charge in [-0.2, -0.15) is 0 Å². The zero-order valence-corrected chi connectivity index (χ0v) is 19.0. The van der Waals surface area contributed by atoms with Gasteiger partial charge in [-0.15, -0.1) is 0 Å². The minimum Gasteiger partial charge on any atom is -0.481 e. The third kappa shape index (κ3) is 4.17. The van der Waals surface area contributed by atoms with Gasteiger partial charge < -0.3 is 10.4 Å². The Morgan fingerprint density at radius 2 is 1.90 bits per heavy atom. The highest BCUT2D eigenvalue weighted by atomic mass is 79.9. The van der Waals surface area contributed by atoms with Gasteiger partial charge in [-0.1, -0.05) is 41.9 Å². The molecule has 0 fully saturated rings. The van der Waals surface area contributed by atoms with Gasteiger partial charge in [-0.05, 0) is 47.7 Å². The number of hydrogen-bond donors (Lipinski definition) is 2. The summed E-state index contributed by atoms with van der Waals surface area (Å²) in [5.41, 5.74) is 3.81. The number of amides is 1. The molecule has 0 bridgehead atoms. The molecule has 1 amide bonds. The van der Waals surface area contributed by atoms with Gasteiger partial charge in [0.05, 0.1) is 23.4 Å². The minimum atomic E-state index is -0.958. The Morgan fingerprint density at radius 3 is 2.61 bits per heavy atom. The summed E-state index contributed by atoms with van der Waals surface area (Å²) in [5.74, 6) is -1.14. The topological polar surface area (TPSA) is 93.3 Å². The SMILES string of the molecule is CC(C)Cc1ccc2c(c1)n(CCC(=O)O)c(=O)n2CC1C(=O)Nc2cc(Br)ccc21. The van der Waals surface area contributed by atoms with Gasteiger partial charge in [0.2, 0.25) is 5.91 Å². The van der Waals surface area contributed by atoms with E-state index >= 15 is 0 Å². The van der Waals surface area contributed by atoms with Crippen LogP contribution in [0.25, 0.3) is 11.0 Å². The average molecular weight is 486 g/mol. The number of carbonyl (C=O) groups is 2. The number of carboxylic acid groups (broad SMARTS) is 1. The van der Waals surface area contributed by atoms with Crippen LogP contribution in [0.3, 0.4) is 0 Å². The van der Waals surface area contributed by atoms with Gasteiger partial charge in [0, 0.05) is 23.2 Å². The highest BCUT2D eigenvalue weighted by Gasteiger charge is 2.32. The van der Waals surface area contributed by atoms with Crippen LogP contribution in [0.4, 0.5) is 5.69 Å². The van der Waals surface area contributed by atoms with Gasteiger partial charge in [0.15, 0.2) is 0 Å². The summed E-state index contributed by atoms with van der Waals surface area (Å²) in [6, 6.07) is 11.5. The fourth-order valence-corrected chi connectivity index (χ4v) is 4.59. The number of aliphatic carboxylic acids is 1. The number of carboxylic acids is 1. The van der Waals surface area contributed by atoms with Crippen molar-refractivity contribution in [1.29, 1.82) is 0 Å². The van der Waals surface area contributed by atoms with E-state index in [0.29, 0.717) is 17.0 Å². The Kier molecular flexibility index (Phi) is 5.75. The maximum atomic E-state index is 13.3. The number of nitrogens with zero attached hydrogens (tertiary/aromatic N) is 2. The Morgan fingerprint density at radius 1 is 1.13 bits per heavy atom. The molecule has 0 saturated carbocycles. The van der Waals surface area contributed by atoms with Crippen LogP contribution in [-0.4, -0.2) is 26.1 Å². The smallest absolute Gasteiger partial charge is 0.329 e. The predicted octanol–water partition coefficient (Wildman–Crippen LogP) is 3.97. The van der Waals surface area contributed by atoms with Crippen molar-refractivity contribution in [2.45, 2.75) is 45.7 Å². The normalized spacial score (nSPS) is 15.5. The average Bonchev–Trinajstić information content (AvgIpc) is 3.13. The molecular weight excluding hydrogens is 462 g/mol. The highest BCUT2D eigenvalue weighted by Crippen LogP contribution is 2.35. The highest BCUT2D eigenvalue weighted by molar-refractivity contribution is 9.10. The molecule has 0 spiro atoms. The number of benzene rings is 2. The quantitative estimate of drug-likeness (QED) is 0.529. The van der Waals surface area contributed by atoms with E-state index in [0.717, 1.165) is 27.7 Å². The molecule has 2 aromatic carbocycles. The second kappa shape index (κ2) is 8.34. The molecule has 2 N–H and O–H groups in total. The van der Waals surface area contributed by atoms with Crippen molar-refractivity contribution in [1.82, 2.24) is 9.13 Å². The molecular formula is C23H24BrN3O4. The van der Waals surface area contributed by atoms with Crippen LogP contribution >= 0.6 is 15.9 Å². The molecule has 0 saturated heterocycles. The fraction of sp³-hybridized carbons (Fsp3) is 0.348. The van der Waals surface area contributed by atoms with E-state index in [4.69, 9.17) is 5.11 Å². The third-order valence-electron chi connectivity index (χ3n) is 5.61. The zero-order chi connectivity index (χ0) is 22.3. The third-order valence-corrected chi connectivity index (χ3v) is 6.10. The summed E-state index contributed by atoms with van der Waals surface area (Å²) in [7, 11) is 0. The van der Waals surface area contributed by atoms with Gasteiger partial charge in [-0.3, -0.25) is 18.7 Å². The van der Waals surface area contributed by atoms with Gasteiger partial charge >= 0.3 is 11.7 Å². The second-order valence-electron chi connectivity index (χ2n) is 8.38. The van der Waals surface area contributed by atoms with Crippen LogP contribution in [0.15, 0.2) is 45.7 Å². The number of nitrogens with one attached hydrogen (secondary N) is 1. The van der Waals surface area contributed by atoms with E-state index in [1.165, 1.54) is 4.57 Å². The molecule has 8 heteroatoms. The first-order valence-corrected chi connectivity index (χ1v) is 11.1. The Hall–Kier alpha value is -2.87. The Labute approximate surface area is 187 Å². The molecule has 0 aliphatic carbocycles. The van der Waals surface area contributed by atoms with E-state index in [-0.39, 0.29) is 31.1 Å². The fourth-order valence-electron chi connectivity index (χ4n) is 4.23. The number of rotatable bonds is 7. The number of halogens is 1. The van der Waals surface area contributed by atoms with Crippen molar-refractivity contribution in [2.75, 3.05) is 5.32 Å². The summed E-state index contributed by atoms with van der Waals surface area (Å²) < 4.78 is 3.98. The van der Waals surface area contributed by atoms with Crippen LogP contribution in [0.5, 0.6) is 0 Å². The number of imidazole rings is 1. The molecule has 0 radical (unpaired) electrons. The van der Waals surface area contributed by atoms with Crippen molar-refractivity contribution >= 4 is 44.5 Å². The lowest BCUT2D eigenvalue weighted by atomic mass is 10.0. The lowest BCUT2D eigenvalue weighted by Crippen LogP contribution is -2.28. The molecule has 1 aliphatic rings. The number of fused-ring (bicyclic) bond motifs is 2. The van der Waals surface area contributed by atoms with E-state index in [1.54, 1.807) is 4.57 Å². The zero-order valence-electron chi connectivity index (χ0n) is 17.4.